The number of methoxy groups -OCH3 is 1. The molecule has 78 heavy (non-hydrogen) atoms. The number of rotatable bonds is 18. The van der Waals surface area contributed by atoms with Crippen molar-refractivity contribution in [2.75, 3.05) is 40.8 Å². The molecule has 20 heteroatoms. The summed E-state index contributed by atoms with van der Waals surface area (Å²) >= 11 is 0. The van der Waals surface area contributed by atoms with Crippen molar-refractivity contribution < 1.29 is 53.6 Å². The van der Waals surface area contributed by atoms with Gasteiger partial charge in [-0.1, -0.05) is 38.1 Å². The summed E-state index contributed by atoms with van der Waals surface area (Å²) in [5.41, 5.74) is 6.74. The van der Waals surface area contributed by atoms with Crippen molar-refractivity contribution in [1.82, 2.24) is 34.8 Å². The molecule has 0 aliphatic carbocycles. The smallest absolute Gasteiger partial charge is 0.311 e. The van der Waals surface area contributed by atoms with Crippen LogP contribution < -0.4 is 11.6 Å². The van der Waals surface area contributed by atoms with E-state index in [-0.39, 0.29) is 37.3 Å². The lowest BCUT2D eigenvalue weighted by molar-refractivity contribution is -0.308. The molecule has 20 nitrogen and oxygen atoms in total. The highest BCUT2D eigenvalue weighted by atomic mass is 16.7. The van der Waals surface area contributed by atoms with Crippen LogP contribution in [0.2, 0.25) is 0 Å². The number of benzene rings is 1. The molecule has 6 rings (SSSR count). The lowest BCUT2D eigenvalue weighted by Crippen LogP contribution is -2.59. The summed E-state index contributed by atoms with van der Waals surface area (Å²) in [5, 5.41) is 57.8. The Balaban J connectivity index is 1.11. The Hall–Kier alpha value is -4.16. The van der Waals surface area contributed by atoms with E-state index in [0.29, 0.717) is 38.2 Å². The summed E-state index contributed by atoms with van der Waals surface area (Å²) in [4.78, 5) is 22.9. The lowest BCUT2D eigenvalue weighted by Gasteiger charge is -2.48. The van der Waals surface area contributed by atoms with E-state index in [9.17, 15) is 25.2 Å². The first-order valence-electron chi connectivity index (χ1n) is 28.2. The maximum absolute atomic E-state index is 14.5. The third-order valence-electron chi connectivity index (χ3n) is 16.9. The van der Waals surface area contributed by atoms with Crippen molar-refractivity contribution in [3.05, 3.63) is 72.4 Å². The molecule has 2 aromatic heterocycles. The van der Waals surface area contributed by atoms with E-state index in [2.05, 4.69) is 39.4 Å². The molecule has 3 aromatic rings. The van der Waals surface area contributed by atoms with Crippen molar-refractivity contribution in [3.63, 3.8) is 0 Å². The number of nitrogens with zero attached hydrogens (tertiary/aromatic N) is 7. The third-order valence-corrected chi connectivity index (χ3v) is 16.9. The fraction of sp³-hybridized carbons (Fsp3) is 0.724. The van der Waals surface area contributed by atoms with Gasteiger partial charge in [-0.25, -0.2) is 10.5 Å². The Morgan fingerprint density at radius 2 is 1.67 bits per heavy atom. The highest BCUT2D eigenvalue weighted by molar-refractivity contribution is 5.73. The Morgan fingerprint density at radius 3 is 2.33 bits per heavy atom. The zero-order valence-electron chi connectivity index (χ0n) is 48.8. The number of likely N-dealkylation sites (N-methyl/N-ethyl adjacent to an activating group) is 1. The van der Waals surface area contributed by atoms with Crippen LogP contribution in [-0.2, 0) is 39.6 Å². The van der Waals surface area contributed by atoms with Crippen LogP contribution in [0.15, 0.2) is 66.9 Å². The van der Waals surface area contributed by atoms with Gasteiger partial charge in [0.25, 0.3) is 0 Å². The Kier molecular flexibility index (Phi) is 22.3. The summed E-state index contributed by atoms with van der Waals surface area (Å²) in [6, 6.07) is 11.7. The molecule has 0 bridgehead atoms. The molecule has 0 saturated carbocycles. The highest BCUT2D eigenvalue weighted by Crippen LogP contribution is 2.40. The summed E-state index contributed by atoms with van der Waals surface area (Å²) in [5.74, 6) is 3.94. The van der Waals surface area contributed by atoms with Crippen molar-refractivity contribution >= 4 is 5.97 Å². The van der Waals surface area contributed by atoms with Gasteiger partial charge in [-0.05, 0) is 137 Å². The molecule has 1 aromatic carbocycles. The predicted octanol–water partition coefficient (Wildman–Crippen LogP) is 5.33. The number of carbonyl (C=O) groups is 1. The van der Waals surface area contributed by atoms with E-state index in [1.54, 1.807) is 56.7 Å². The second-order valence-corrected chi connectivity index (χ2v) is 23.7. The first-order chi connectivity index (χ1) is 36.8. The number of carbonyl (C=O) groups excluding carboxylic acids is 1. The molecule has 17 atom stereocenters. The number of unbranched alkanes of at least 4 members (excludes halogenated alkanes) is 1. The maximum Gasteiger partial charge on any atom is 0.311 e. The molecule has 3 saturated heterocycles. The molecule has 0 spiro atoms. The summed E-state index contributed by atoms with van der Waals surface area (Å²) in [6.45, 7) is 19.8. The van der Waals surface area contributed by atoms with Gasteiger partial charge in [0.2, 0.25) is 0 Å². The van der Waals surface area contributed by atoms with Crippen molar-refractivity contribution in [2.24, 2.45) is 29.3 Å². The average molecular weight is 1090 g/mol. The minimum absolute atomic E-state index is 0.0353. The Morgan fingerprint density at radius 1 is 0.949 bits per heavy atom. The number of pyridine rings is 1. The van der Waals surface area contributed by atoms with Gasteiger partial charge in [-0.2, -0.15) is 0 Å². The first kappa shape index (κ1) is 63.0. The van der Waals surface area contributed by atoms with Crippen molar-refractivity contribution in [3.8, 4) is 16.9 Å². The van der Waals surface area contributed by atoms with Gasteiger partial charge in [-0.15, -0.1) is 5.10 Å². The lowest BCUT2D eigenvalue weighted by atomic mass is 9.77. The molecular formula is C58H95N9O11. The number of hydrogen-bond donors (Lipinski definition) is 6. The van der Waals surface area contributed by atoms with Crippen molar-refractivity contribution in [1.29, 1.82) is 0 Å². The molecule has 438 valence electrons. The molecule has 3 aliphatic heterocycles. The van der Waals surface area contributed by atoms with E-state index in [1.165, 1.54) is 19.6 Å². The van der Waals surface area contributed by atoms with Crippen LogP contribution in [0.3, 0.4) is 0 Å². The molecule has 0 amide bonds. The summed E-state index contributed by atoms with van der Waals surface area (Å²) in [7, 11) is 5.46. The Labute approximate surface area is 463 Å². The van der Waals surface area contributed by atoms with Crippen LogP contribution in [0.25, 0.3) is 16.9 Å². The first-order valence-corrected chi connectivity index (χ1v) is 28.2. The van der Waals surface area contributed by atoms with Crippen LogP contribution in [-0.4, -0.2) is 186 Å². The summed E-state index contributed by atoms with van der Waals surface area (Å²) in [6.07, 6.45) is 4.60. The largest absolute Gasteiger partial charge is 0.459 e. The van der Waals surface area contributed by atoms with Gasteiger partial charge >= 0.3 is 5.97 Å². The number of esters is 1. The maximum atomic E-state index is 14.5. The van der Waals surface area contributed by atoms with Crippen LogP contribution in [0.4, 0.5) is 0 Å². The number of ether oxygens (including phenoxy) is 6. The monoisotopic (exact) mass is 1090 g/mol. The van der Waals surface area contributed by atoms with Gasteiger partial charge in [0, 0.05) is 93.9 Å². The molecule has 5 heterocycles. The number of aromatic nitrogens is 4. The van der Waals surface area contributed by atoms with Crippen LogP contribution >= 0.6 is 0 Å². The predicted molar refractivity (Wildman–Crippen MR) is 297 cm³/mol. The second kappa shape index (κ2) is 27.5. The van der Waals surface area contributed by atoms with Gasteiger partial charge in [0.1, 0.15) is 29.6 Å². The number of aliphatic hydroxyl groups is 4. The number of cyclic esters (lactones) is 1. The van der Waals surface area contributed by atoms with E-state index >= 15 is 0 Å². The fourth-order valence-electron chi connectivity index (χ4n) is 11.9. The average Bonchev–Trinajstić information content (AvgIpc) is 3.95. The number of nitrogens with two attached hydrogens (primary N) is 2. The van der Waals surface area contributed by atoms with Gasteiger partial charge in [-0.3, -0.25) is 9.78 Å². The highest BCUT2D eigenvalue weighted by Gasteiger charge is 2.52. The second-order valence-electron chi connectivity index (χ2n) is 23.7. The number of aryl methyl sites for hydroxylation is 1. The fourth-order valence-corrected chi connectivity index (χ4v) is 11.9. The topological polar surface area (TPSA) is 259 Å². The van der Waals surface area contributed by atoms with Crippen LogP contribution in [0.5, 0.6) is 0 Å². The van der Waals surface area contributed by atoms with Crippen molar-refractivity contribution in [2.45, 2.75) is 211 Å². The zero-order chi connectivity index (χ0) is 57.3. The van der Waals surface area contributed by atoms with E-state index in [1.807, 2.05) is 76.3 Å². The SMILES string of the molecule is CC[C@H]1OC(=O)[C@H](C)[C@@H](O[C@H]2C[C@@](C)(OC)[C@@H](O)[C@H](C)O2)[C@H](C)[C@@H](O[C@H]2C[C@@H](N(C)CC/C(N)=C/N(N)CCCCc3ccc(-n4cc(-c5cccnc5)nn4)cc3)C[C@@H](C)O2)[C@](C)(O)C[C@@H](C)CN(C)[C@H](C)[C@@H](O)[C@]1(C)O. The number of hydrogen-bond acceptors (Lipinski definition) is 19. The molecule has 0 radical (unpaired) electrons. The third kappa shape index (κ3) is 16.1. The minimum Gasteiger partial charge on any atom is -0.459 e. The van der Waals surface area contributed by atoms with E-state index in [0.717, 1.165) is 42.6 Å². The standard InChI is InChI=1S/C58H95N9O11/c1-14-48-58(10,72)52(68)40(6)65(12)33-36(2)30-56(8,71)54(38(4)51(39(5)55(70)76-48)77-50-31-57(9,73-13)53(69)41(7)75-50)78-49-29-46(28-37(3)74-49)64(11)27-24-44(59)34-66(60)26-16-15-18-42-20-22-45(23-21-42)67-35-47(62-63-67)43-19-17-25-61-32-43/h17,19-23,25,32,34-41,46,48-54,68-69,71-72H,14-16,18,24,26-31,33,59-60H2,1-13H3/b44-34-/t36-,37-,38+,39-,40-,41+,46+,48-,49+,50+,51+,52-,53+,54-,56-,57-,58-/m1/s1. The molecule has 3 fully saturated rings. The van der Waals surface area contributed by atoms with E-state index < -0.39 is 89.9 Å². The molecular weight excluding hydrogens is 999 g/mol. The molecule has 3 aliphatic rings. The van der Waals surface area contributed by atoms with Gasteiger partial charge in [0.15, 0.2) is 12.6 Å². The van der Waals surface area contributed by atoms with Crippen LogP contribution in [0.1, 0.15) is 126 Å². The summed E-state index contributed by atoms with van der Waals surface area (Å²) < 4.78 is 40.5. The van der Waals surface area contributed by atoms with E-state index in [4.69, 9.17) is 40.0 Å². The normalized spacial score (nSPS) is 36.2. The zero-order valence-corrected chi connectivity index (χ0v) is 48.8. The quantitative estimate of drug-likeness (QED) is 0.0407. The molecule has 8 N–H and O–H groups in total. The minimum atomic E-state index is -1.81. The molecule has 0 unspecified atom stereocenters. The van der Waals surface area contributed by atoms with Gasteiger partial charge < -0.3 is 69.4 Å². The number of hydrazine groups is 1. The van der Waals surface area contributed by atoms with Gasteiger partial charge in [0.05, 0.1) is 53.4 Å². The van der Waals surface area contributed by atoms with Crippen LogP contribution in [0, 0.1) is 17.8 Å². The Bertz CT molecular complexity index is 2340. The number of aliphatic hydroxyl groups excluding tert-OH is 2.